The SMILES string of the molecule is Cn1cc(-c2ccc(OCCCN3CCCCCC3)cc2)ccc1=O. The molecule has 134 valence electrons. The van der Waals surface area contributed by atoms with Crippen LogP contribution in [0.25, 0.3) is 11.1 Å². The van der Waals surface area contributed by atoms with E-state index in [2.05, 4.69) is 4.90 Å². The van der Waals surface area contributed by atoms with Crippen LogP contribution in [-0.4, -0.2) is 35.7 Å². The topological polar surface area (TPSA) is 34.5 Å². The summed E-state index contributed by atoms with van der Waals surface area (Å²) in [4.78, 5) is 14.0. The van der Waals surface area contributed by atoms with E-state index < -0.39 is 0 Å². The van der Waals surface area contributed by atoms with Crippen LogP contribution in [0.4, 0.5) is 0 Å². The molecule has 1 saturated heterocycles. The van der Waals surface area contributed by atoms with Gasteiger partial charge < -0.3 is 14.2 Å². The number of benzene rings is 1. The van der Waals surface area contributed by atoms with Crippen LogP contribution in [0.1, 0.15) is 32.1 Å². The Labute approximate surface area is 150 Å². The number of pyridine rings is 1. The van der Waals surface area contributed by atoms with Gasteiger partial charge in [-0.05, 0) is 61.7 Å². The first-order valence-electron chi connectivity index (χ1n) is 9.35. The zero-order valence-electron chi connectivity index (χ0n) is 15.1. The zero-order valence-corrected chi connectivity index (χ0v) is 15.1. The number of ether oxygens (including phenoxy) is 1. The molecule has 2 heterocycles. The Balaban J connectivity index is 1.47. The van der Waals surface area contributed by atoms with Gasteiger partial charge >= 0.3 is 0 Å². The number of aryl methyl sites for hydroxylation is 1. The standard InChI is InChI=1S/C21H28N2O2/c1-22-17-19(9-12-21(22)24)18-7-10-20(11-8-18)25-16-6-15-23-13-4-2-3-5-14-23/h7-12,17H,2-6,13-16H2,1H3. The quantitative estimate of drug-likeness (QED) is 0.752. The van der Waals surface area contributed by atoms with Crippen LogP contribution in [0.3, 0.4) is 0 Å². The van der Waals surface area contributed by atoms with Gasteiger partial charge in [-0.2, -0.15) is 0 Å². The summed E-state index contributed by atoms with van der Waals surface area (Å²) in [7, 11) is 1.77. The normalized spacial score (nSPS) is 15.7. The Morgan fingerprint density at radius 2 is 1.60 bits per heavy atom. The van der Waals surface area contributed by atoms with E-state index in [-0.39, 0.29) is 5.56 Å². The van der Waals surface area contributed by atoms with Crippen molar-refractivity contribution in [2.75, 3.05) is 26.2 Å². The predicted octanol–water partition coefficient (Wildman–Crippen LogP) is 3.70. The van der Waals surface area contributed by atoms with Crippen LogP contribution in [0.2, 0.25) is 0 Å². The Morgan fingerprint density at radius 3 is 2.28 bits per heavy atom. The molecule has 0 aliphatic carbocycles. The lowest BCUT2D eigenvalue weighted by Gasteiger charge is -2.19. The number of aromatic nitrogens is 1. The van der Waals surface area contributed by atoms with Crippen LogP contribution in [-0.2, 0) is 7.05 Å². The van der Waals surface area contributed by atoms with Crippen molar-refractivity contribution >= 4 is 0 Å². The predicted molar refractivity (Wildman–Crippen MR) is 102 cm³/mol. The van der Waals surface area contributed by atoms with Crippen LogP contribution >= 0.6 is 0 Å². The number of rotatable bonds is 6. The molecule has 0 radical (unpaired) electrons. The molecule has 1 aromatic heterocycles. The van der Waals surface area contributed by atoms with E-state index in [0.29, 0.717) is 0 Å². The minimum atomic E-state index is 0.00751. The highest BCUT2D eigenvalue weighted by Gasteiger charge is 2.08. The van der Waals surface area contributed by atoms with E-state index in [1.807, 2.05) is 36.5 Å². The van der Waals surface area contributed by atoms with E-state index in [9.17, 15) is 4.79 Å². The lowest BCUT2D eigenvalue weighted by molar-refractivity contribution is 0.240. The fourth-order valence-electron chi connectivity index (χ4n) is 3.35. The molecule has 0 spiro atoms. The third kappa shape index (κ3) is 5.20. The molecule has 0 amide bonds. The minimum Gasteiger partial charge on any atom is -0.494 e. The summed E-state index contributed by atoms with van der Waals surface area (Å²) < 4.78 is 7.48. The minimum absolute atomic E-state index is 0.00751. The second-order valence-electron chi connectivity index (χ2n) is 6.85. The second-order valence-corrected chi connectivity index (χ2v) is 6.85. The Bertz CT molecular complexity index is 713. The Morgan fingerprint density at radius 1 is 0.920 bits per heavy atom. The third-order valence-electron chi connectivity index (χ3n) is 4.86. The van der Waals surface area contributed by atoms with Gasteiger partial charge in [0.2, 0.25) is 5.56 Å². The van der Waals surface area contributed by atoms with Crippen molar-refractivity contribution in [1.82, 2.24) is 9.47 Å². The summed E-state index contributed by atoms with van der Waals surface area (Å²) in [6.45, 7) is 4.38. The largest absolute Gasteiger partial charge is 0.494 e. The van der Waals surface area contributed by atoms with Gasteiger partial charge in [-0.25, -0.2) is 0 Å². The van der Waals surface area contributed by atoms with Crippen LogP contribution in [0.15, 0.2) is 47.4 Å². The molecule has 1 aliphatic rings. The van der Waals surface area contributed by atoms with Crippen molar-refractivity contribution in [3.05, 3.63) is 52.9 Å². The first kappa shape index (κ1) is 17.7. The molecule has 0 unspecified atom stereocenters. The van der Waals surface area contributed by atoms with Gasteiger partial charge in [-0.3, -0.25) is 4.79 Å². The first-order valence-corrected chi connectivity index (χ1v) is 9.35. The number of hydrogen-bond donors (Lipinski definition) is 0. The van der Waals surface area contributed by atoms with Crippen molar-refractivity contribution in [2.24, 2.45) is 7.05 Å². The summed E-state index contributed by atoms with van der Waals surface area (Å²) >= 11 is 0. The number of likely N-dealkylation sites (tertiary alicyclic amines) is 1. The molecular formula is C21H28N2O2. The maximum absolute atomic E-state index is 11.5. The van der Waals surface area contributed by atoms with Crippen LogP contribution < -0.4 is 10.3 Å². The average Bonchev–Trinajstić information content (AvgIpc) is 2.90. The fourth-order valence-corrected chi connectivity index (χ4v) is 3.35. The molecule has 2 aromatic rings. The van der Waals surface area contributed by atoms with E-state index in [0.717, 1.165) is 36.4 Å². The maximum atomic E-state index is 11.5. The monoisotopic (exact) mass is 340 g/mol. The number of hydrogen-bond acceptors (Lipinski definition) is 3. The Hall–Kier alpha value is -2.07. The van der Waals surface area contributed by atoms with E-state index >= 15 is 0 Å². The van der Waals surface area contributed by atoms with Gasteiger partial charge in [0.05, 0.1) is 6.61 Å². The average molecular weight is 340 g/mol. The molecular weight excluding hydrogens is 312 g/mol. The molecule has 4 heteroatoms. The highest BCUT2D eigenvalue weighted by Crippen LogP contribution is 2.21. The van der Waals surface area contributed by atoms with Gasteiger partial charge in [-0.15, -0.1) is 0 Å². The van der Waals surface area contributed by atoms with Crippen LogP contribution in [0, 0.1) is 0 Å². The molecule has 0 bridgehead atoms. The third-order valence-corrected chi connectivity index (χ3v) is 4.86. The van der Waals surface area contributed by atoms with E-state index in [1.54, 1.807) is 17.7 Å². The van der Waals surface area contributed by atoms with Crippen molar-refractivity contribution in [2.45, 2.75) is 32.1 Å². The Kier molecular flexibility index (Phi) is 6.29. The van der Waals surface area contributed by atoms with Gasteiger partial charge in [0, 0.05) is 25.9 Å². The van der Waals surface area contributed by atoms with E-state index in [1.165, 1.54) is 38.8 Å². The molecule has 1 fully saturated rings. The molecule has 0 atom stereocenters. The molecule has 0 saturated carbocycles. The lowest BCUT2D eigenvalue weighted by atomic mass is 10.1. The smallest absolute Gasteiger partial charge is 0.250 e. The van der Waals surface area contributed by atoms with Gasteiger partial charge in [0.15, 0.2) is 0 Å². The molecule has 0 N–H and O–H groups in total. The number of nitrogens with zero attached hydrogens (tertiary/aromatic N) is 2. The molecule has 1 aliphatic heterocycles. The summed E-state index contributed by atoms with van der Waals surface area (Å²) in [6, 6.07) is 11.6. The lowest BCUT2D eigenvalue weighted by Crippen LogP contribution is -2.26. The summed E-state index contributed by atoms with van der Waals surface area (Å²) in [5.74, 6) is 0.907. The zero-order chi connectivity index (χ0) is 17.5. The van der Waals surface area contributed by atoms with Crippen molar-refractivity contribution in [3.8, 4) is 16.9 Å². The van der Waals surface area contributed by atoms with Crippen molar-refractivity contribution in [1.29, 1.82) is 0 Å². The van der Waals surface area contributed by atoms with Crippen molar-refractivity contribution in [3.63, 3.8) is 0 Å². The first-order chi connectivity index (χ1) is 12.2. The molecule has 3 rings (SSSR count). The second kappa shape index (κ2) is 8.86. The summed E-state index contributed by atoms with van der Waals surface area (Å²) in [5, 5.41) is 0. The van der Waals surface area contributed by atoms with Gasteiger partial charge in [0.25, 0.3) is 0 Å². The van der Waals surface area contributed by atoms with Gasteiger partial charge in [0.1, 0.15) is 5.75 Å². The maximum Gasteiger partial charge on any atom is 0.250 e. The van der Waals surface area contributed by atoms with E-state index in [4.69, 9.17) is 4.74 Å². The van der Waals surface area contributed by atoms with Crippen molar-refractivity contribution < 1.29 is 4.74 Å². The highest BCUT2D eigenvalue weighted by molar-refractivity contribution is 5.63. The van der Waals surface area contributed by atoms with Crippen LogP contribution in [0.5, 0.6) is 5.75 Å². The fraction of sp³-hybridized carbons (Fsp3) is 0.476. The summed E-state index contributed by atoms with van der Waals surface area (Å²) in [5.41, 5.74) is 2.13. The summed E-state index contributed by atoms with van der Waals surface area (Å²) in [6.07, 6.45) is 8.38. The molecule has 25 heavy (non-hydrogen) atoms. The van der Waals surface area contributed by atoms with Gasteiger partial charge in [-0.1, -0.05) is 25.0 Å². The highest BCUT2D eigenvalue weighted by atomic mass is 16.5. The molecule has 4 nitrogen and oxygen atoms in total. The molecule has 1 aromatic carbocycles.